The van der Waals surface area contributed by atoms with E-state index in [0.29, 0.717) is 24.7 Å². The fraction of sp³-hybridized carbons (Fsp3) is 0.421. The number of aromatic nitrogens is 1. The summed E-state index contributed by atoms with van der Waals surface area (Å²) in [5.74, 6) is 0.663. The average Bonchev–Trinajstić information content (AvgIpc) is 3.04. The summed E-state index contributed by atoms with van der Waals surface area (Å²) in [4.78, 5) is 26.3. The van der Waals surface area contributed by atoms with Crippen LogP contribution in [0.4, 0.5) is 10.6 Å². The molecule has 0 bridgehead atoms. The van der Waals surface area contributed by atoms with Crippen LogP contribution in [0.5, 0.6) is 0 Å². The van der Waals surface area contributed by atoms with E-state index >= 15 is 0 Å². The number of hydrogen-bond acceptors (Lipinski definition) is 4. The molecule has 7 heteroatoms. The van der Waals surface area contributed by atoms with Crippen molar-refractivity contribution in [3.05, 3.63) is 47.7 Å². The summed E-state index contributed by atoms with van der Waals surface area (Å²) in [5, 5.41) is 9.25. The molecule has 1 heterocycles. The fourth-order valence-corrected chi connectivity index (χ4v) is 2.47. The second-order valence-electron chi connectivity index (χ2n) is 6.14. The SMILES string of the molecule is CCCCCN(CC(=O)Nc1cc(C)on1)C(=O)NCc1ccccc1. The monoisotopic (exact) mass is 358 g/mol. The lowest BCUT2D eigenvalue weighted by Gasteiger charge is -2.22. The summed E-state index contributed by atoms with van der Waals surface area (Å²) in [5.41, 5.74) is 1.01. The van der Waals surface area contributed by atoms with Gasteiger partial charge in [-0.15, -0.1) is 0 Å². The van der Waals surface area contributed by atoms with E-state index < -0.39 is 0 Å². The standard InChI is InChI=1S/C19H26N4O3/c1-3-4-8-11-23(14-18(24)21-17-12-15(2)26-22-17)19(25)20-13-16-9-6-5-7-10-16/h5-7,9-10,12H,3-4,8,11,13-14H2,1-2H3,(H,20,25)(H,21,22,24). The number of carbonyl (C=O) groups is 2. The number of urea groups is 1. The Morgan fingerprint density at radius 3 is 2.62 bits per heavy atom. The third-order valence-electron chi connectivity index (χ3n) is 3.84. The normalized spacial score (nSPS) is 10.4. The Balaban J connectivity index is 1.90. The number of anilines is 1. The first-order valence-corrected chi connectivity index (χ1v) is 8.88. The molecule has 0 spiro atoms. The molecule has 140 valence electrons. The number of hydrogen-bond donors (Lipinski definition) is 2. The summed E-state index contributed by atoms with van der Waals surface area (Å²) in [6, 6.07) is 11.0. The number of nitrogens with one attached hydrogen (secondary N) is 2. The van der Waals surface area contributed by atoms with Crippen LogP contribution in [0.1, 0.15) is 37.5 Å². The van der Waals surface area contributed by atoms with E-state index in [2.05, 4.69) is 22.7 Å². The van der Waals surface area contributed by atoms with Gasteiger partial charge in [0.15, 0.2) is 5.82 Å². The van der Waals surface area contributed by atoms with Gasteiger partial charge in [-0.2, -0.15) is 0 Å². The lowest BCUT2D eigenvalue weighted by Crippen LogP contribution is -2.44. The molecule has 0 aliphatic rings. The third kappa shape index (κ3) is 6.58. The van der Waals surface area contributed by atoms with Crippen LogP contribution in [0.15, 0.2) is 40.9 Å². The van der Waals surface area contributed by atoms with Crippen molar-refractivity contribution < 1.29 is 14.1 Å². The maximum atomic E-state index is 12.5. The Kier molecular flexibility index (Phi) is 7.67. The minimum Gasteiger partial charge on any atom is -0.360 e. The van der Waals surface area contributed by atoms with Gasteiger partial charge in [0.1, 0.15) is 12.3 Å². The molecule has 0 fully saturated rings. The third-order valence-corrected chi connectivity index (χ3v) is 3.84. The largest absolute Gasteiger partial charge is 0.360 e. The minimum absolute atomic E-state index is 0.0315. The Morgan fingerprint density at radius 2 is 1.96 bits per heavy atom. The number of nitrogens with zero attached hydrogens (tertiary/aromatic N) is 2. The highest BCUT2D eigenvalue weighted by atomic mass is 16.5. The predicted octanol–water partition coefficient (Wildman–Crippen LogP) is 3.32. The van der Waals surface area contributed by atoms with Gasteiger partial charge in [-0.05, 0) is 18.9 Å². The number of unbranched alkanes of at least 4 members (excludes halogenated alkanes) is 2. The van der Waals surface area contributed by atoms with Crippen LogP contribution in [0.25, 0.3) is 0 Å². The van der Waals surface area contributed by atoms with Gasteiger partial charge in [-0.3, -0.25) is 4.79 Å². The zero-order valence-corrected chi connectivity index (χ0v) is 15.3. The molecule has 7 nitrogen and oxygen atoms in total. The Bertz CT molecular complexity index is 700. The van der Waals surface area contributed by atoms with E-state index in [4.69, 9.17) is 4.52 Å². The maximum Gasteiger partial charge on any atom is 0.318 e. The van der Waals surface area contributed by atoms with E-state index in [1.807, 2.05) is 30.3 Å². The van der Waals surface area contributed by atoms with E-state index in [1.54, 1.807) is 13.0 Å². The molecule has 26 heavy (non-hydrogen) atoms. The van der Waals surface area contributed by atoms with Gasteiger partial charge in [-0.25, -0.2) is 4.79 Å². The number of benzene rings is 1. The molecule has 0 aliphatic heterocycles. The van der Waals surface area contributed by atoms with Gasteiger partial charge in [-0.1, -0.05) is 55.3 Å². The number of carbonyl (C=O) groups excluding carboxylic acids is 2. The van der Waals surface area contributed by atoms with Gasteiger partial charge >= 0.3 is 6.03 Å². The van der Waals surface area contributed by atoms with Crippen molar-refractivity contribution >= 4 is 17.8 Å². The molecule has 3 amide bonds. The summed E-state index contributed by atoms with van der Waals surface area (Å²) >= 11 is 0. The van der Waals surface area contributed by atoms with Gasteiger partial charge in [0.2, 0.25) is 5.91 Å². The zero-order chi connectivity index (χ0) is 18.8. The minimum atomic E-state index is -0.301. The number of aryl methyl sites for hydroxylation is 1. The van der Waals surface area contributed by atoms with Crippen LogP contribution >= 0.6 is 0 Å². The van der Waals surface area contributed by atoms with Crippen molar-refractivity contribution in [3.63, 3.8) is 0 Å². The van der Waals surface area contributed by atoms with Crippen LogP contribution < -0.4 is 10.6 Å². The van der Waals surface area contributed by atoms with Gasteiger partial charge in [0.25, 0.3) is 0 Å². The first-order valence-electron chi connectivity index (χ1n) is 8.88. The van der Waals surface area contributed by atoms with Gasteiger partial charge in [0, 0.05) is 19.2 Å². The van der Waals surface area contributed by atoms with Crippen molar-refractivity contribution in [1.29, 1.82) is 0 Å². The summed E-state index contributed by atoms with van der Waals surface area (Å²) in [7, 11) is 0. The quantitative estimate of drug-likeness (QED) is 0.673. The van der Waals surface area contributed by atoms with Crippen LogP contribution in [0.3, 0.4) is 0 Å². The van der Waals surface area contributed by atoms with E-state index in [9.17, 15) is 9.59 Å². The Hall–Kier alpha value is -2.83. The summed E-state index contributed by atoms with van der Waals surface area (Å²) in [6.45, 7) is 4.76. The molecule has 0 saturated carbocycles. The van der Waals surface area contributed by atoms with Crippen LogP contribution in [-0.4, -0.2) is 35.1 Å². The first-order chi connectivity index (χ1) is 12.6. The molecular formula is C19H26N4O3. The lowest BCUT2D eigenvalue weighted by atomic mass is 10.2. The second kappa shape index (κ2) is 10.2. The molecule has 0 radical (unpaired) electrons. The van der Waals surface area contributed by atoms with Gasteiger partial charge in [0.05, 0.1) is 0 Å². The van der Waals surface area contributed by atoms with Crippen LogP contribution in [0.2, 0.25) is 0 Å². The predicted molar refractivity (Wildman–Crippen MR) is 99.6 cm³/mol. The molecule has 1 aromatic carbocycles. The van der Waals surface area contributed by atoms with Crippen molar-refractivity contribution in [3.8, 4) is 0 Å². The number of rotatable bonds is 9. The highest BCUT2D eigenvalue weighted by molar-refractivity contribution is 5.93. The maximum absolute atomic E-state index is 12.5. The van der Waals surface area contributed by atoms with Crippen molar-refractivity contribution in [1.82, 2.24) is 15.4 Å². The zero-order valence-electron chi connectivity index (χ0n) is 15.3. The van der Waals surface area contributed by atoms with E-state index in [1.165, 1.54) is 4.90 Å². The summed E-state index contributed by atoms with van der Waals surface area (Å²) < 4.78 is 4.93. The van der Waals surface area contributed by atoms with E-state index in [0.717, 1.165) is 24.8 Å². The molecule has 0 unspecified atom stereocenters. The highest BCUT2D eigenvalue weighted by Gasteiger charge is 2.17. The smallest absolute Gasteiger partial charge is 0.318 e. The molecule has 2 aromatic rings. The van der Waals surface area contributed by atoms with E-state index in [-0.39, 0.29) is 18.5 Å². The van der Waals surface area contributed by atoms with Crippen LogP contribution in [0, 0.1) is 6.92 Å². The van der Waals surface area contributed by atoms with Crippen molar-refractivity contribution in [2.24, 2.45) is 0 Å². The fourth-order valence-electron chi connectivity index (χ4n) is 2.47. The van der Waals surface area contributed by atoms with Crippen LogP contribution in [-0.2, 0) is 11.3 Å². The summed E-state index contributed by atoms with van der Waals surface area (Å²) in [6.07, 6.45) is 2.90. The number of amides is 3. The molecule has 0 saturated heterocycles. The molecule has 2 N–H and O–H groups in total. The molecule has 0 aliphatic carbocycles. The van der Waals surface area contributed by atoms with Crippen molar-refractivity contribution in [2.45, 2.75) is 39.7 Å². The van der Waals surface area contributed by atoms with Gasteiger partial charge < -0.3 is 20.1 Å². The van der Waals surface area contributed by atoms with Crippen molar-refractivity contribution in [2.75, 3.05) is 18.4 Å². The Labute approximate surface area is 153 Å². The second-order valence-corrected chi connectivity index (χ2v) is 6.14. The average molecular weight is 358 g/mol. The lowest BCUT2D eigenvalue weighted by molar-refractivity contribution is -0.116. The molecule has 0 atom stereocenters. The molecular weight excluding hydrogens is 332 g/mol. The first kappa shape index (κ1) is 19.5. The highest BCUT2D eigenvalue weighted by Crippen LogP contribution is 2.07. The molecule has 2 rings (SSSR count). The molecule has 1 aromatic heterocycles. The Morgan fingerprint density at radius 1 is 1.19 bits per heavy atom. The topological polar surface area (TPSA) is 87.5 Å².